The number of carbonyl (C=O) groups excluding carboxylic acids is 1. The zero-order chi connectivity index (χ0) is 26.2. The maximum Gasteiger partial charge on any atom is 0.209 e. The van der Waals surface area contributed by atoms with Crippen LogP contribution < -0.4 is 16.1 Å². The van der Waals surface area contributed by atoms with Gasteiger partial charge in [-0.1, -0.05) is 36.4 Å². The molecule has 0 bridgehead atoms. The molecule has 4 aromatic carbocycles. The van der Waals surface area contributed by atoms with Crippen LogP contribution in [0.3, 0.4) is 0 Å². The van der Waals surface area contributed by atoms with Crippen LogP contribution in [0.25, 0.3) is 0 Å². The van der Waals surface area contributed by atoms with Crippen LogP contribution in [-0.2, 0) is 4.79 Å². The Hall–Kier alpha value is -5.50. The molecule has 4 aromatic rings. The number of carbonyl (C=O) groups is 1. The van der Waals surface area contributed by atoms with Crippen molar-refractivity contribution in [1.29, 1.82) is 0 Å². The first-order valence-corrected chi connectivity index (χ1v) is 11.9. The Balaban J connectivity index is 1.23. The number of hydrogen-bond acceptors (Lipinski definition) is 8. The van der Waals surface area contributed by atoms with Gasteiger partial charge in [0.25, 0.3) is 0 Å². The lowest BCUT2D eigenvalue weighted by molar-refractivity contribution is -0.109. The maximum absolute atomic E-state index is 12.3. The number of hydrazone groups is 1. The molecule has 4 N–H and O–H groups in total. The summed E-state index contributed by atoms with van der Waals surface area (Å²) in [6.07, 6.45) is 2.47. The van der Waals surface area contributed by atoms with E-state index in [9.17, 15) is 9.90 Å². The second-order valence-corrected chi connectivity index (χ2v) is 8.34. The fraction of sp³-hybridized carbons (Fsp3) is 0. The highest BCUT2D eigenvalue weighted by atomic mass is 16.3. The largest absolute Gasteiger partial charge is 0.505 e. The van der Waals surface area contributed by atoms with Gasteiger partial charge >= 0.3 is 0 Å². The number of aliphatic hydroxyl groups excluding tert-OH is 1. The van der Waals surface area contributed by atoms with Gasteiger partial charge in [-0.3, -0.25) is 10.2 Å². The van der Waals surface area contributed by atoms with Crippen molar-refractivity contribution in [2.24, 2.45) is 15.3 Å². The zero-order valence-electron chi connectivity index (χ0n) is 20.2. The molecule has 0 atom stereocenters. The second-order valence-electron chi connectivity index (χ2n) is 8.34. The summed E-state index contributed by atoms with van der Waals surface area (Å²) in [5.74, 6) is -0.705. The first kappa shape index (κ1) is 24.2. The highest BCUT2D eigenvalue weighted by Crippen LogP contribution is 2.23. The third kappa shape index (κ3) is 6.38. The van der Waals surface area contributed by atoms with Gasteiger partial charge in [0.2, 0.25) is 5.78 Å². The van der Waals surface area contributed by atoms with E-state index < -0.39 is 5.78 Å². The van der Waals surface area contributed by atoms with Crippen LogP contribution in [0.4, 0.5) is 34.1 Å². The molecule has 0 saturated heterocycles. The highest BCUT2D eigenvalue weighted by Gasteiger charge is 2.18. The van der Waals surface area contributed by atoms with Crippen LogP contribution in [0.15, 0.2) is 148 Å². The predicted molar refractivity (Wildman–Crippen MR) is 152 cm³/mol. The molecule has 0 spiro atoms. The molecule has 0 aliphatic heterocycles. The Labute approximate surface area is 219 Å². The van der Waals surface area contributed by atoms with Gasteiger partial charge in [0.05, 0.1) is 11.4 Å². The molecule has 0 heterocycles. The summed E-state index contributed by atoms with van der Waals surface area (Å²) >= 11 is 0. The van der Waals surface area contributed by atoms with E-state index in [0.717, 1.165) is 28.8 Å². The average Bonchev–Trinajstić information content (AvgIpc) is 2.95. The smallest absolute Gasteiger partial charge is 0.209 e. The number of rotatable bonds is 8. The van der Waals surface area contributed by atoms with Crippen molar-refractivity contribution in [3.8, 4) is 0 Å². The van der Waals surface area contributed by atoms with Gasteiger partial charge in [-0.05, 0) is 72.8 Å². The van der Waals surface area contributed by atoms with Crippen LogP contribution in [0.5, 0.6) is 0 Å². The normalized spacial score (nSPS) is 14.2. The van der Waals surface area contributed by atoms with Crippen LogP contribution in [0, 0.1) is 0 Å². The Kier molecular flexibility index (Phi) is 7.32. The van der Waals surface area contributed by atoms with Crippen molar-refractivity contribution in [2.75, 3.05) is 16.1 Å². The van der Waals surface area contributed by atoms with Crippen LogP contribution in [0.2, 0.25) is 0 Å². The molecular weight excluding hydrogens is 476 g/mol. The molecule has 0 aromatic heterocycles. The SMILES string of the molecule is O=C1C=C(O)C(N=Nc2ccc(Nc3ccccc3)cc2)=C/C1=N\Nc1ccc(Nc2ccccc2)cc1. The van der Waals surface area contributed by atoms with E-state index in [1.807, 2.05) is 97.1 Å². The fourth-order valence-electron chi connectivity index (χ4n) is 3.57. The van der Waals surface area contributed by atoms with E-state index in [2.05, 4.69) is 31.4 Å². The number of nitrogens with one attached hydrogen (secondary N) is 3. The Morgan fingerprint density at radius 3 is 1.63 bits per heavy atom. The van der Waals surface area contributed by atoms with E-state index in [1.165, 1.54) is 6.08 Å². The predicted octanol–water partition coefficient (Wildman–Crippen LogP) is 7.63. The summed E-state index contributed by atoms with van der Waals surface area (Å²) in [5.41, 5.74) is 8.20. The first-order chi connectivity index (χ1) is 18.6. The molecule has 0 fully saturated rings. The molecule has 1 aliphatic rings. The third-order valence-corrected chi connectivity index (χ3v) is 5.51. The quantitative estimate of drug-likeness (QED) is 0.113. The summed E-state index contributed by atoms with van der Waals surface area (Å²) in [5, 5.41) is 29.3. The second kappa shape index (κ2) is 11.5. The number of hydrogen-bond donors (Lipinski definition) is 4. The average molecular weight is 501 g/mol. The summed E-state index contributed by atoms with van der Waals surface area (Å²) in [4.78, 5) is 12.3. The lowest BCUT2D eigenvalue weighted by Gasteiger charge is -2.09. The summed E-state index contributed by atoms with van der Waals surface area (Å²) in [6.45, 7) is 0. The lowest BCUT2D eigenvalue weighted by atomic mass is 10.1. The summed E-state index contributed by atoms with van der Waals surface area (Å²) < 4.78 is 0. The van der Waals surface area contributed by atoms with Gasteiger partial charge in [-0.2, -0.15) is 10.2 Å². The van der Waals surface area contributed by atoms with Gasteiger partial charge < -0.3 is 15.7 Å². The number of azo groups is 1. The Bertz CT molecular complexity index is 1530. The third-order valence-electron chi connectivity index (χ3n) is 5.51. The maximum atomic E-state index is 12.3. The van der Waals surface area contributed by atoms with Crippen molar-refractivity contribution in [2.45, 2.75) is 0 Å². The summed E-state index contributed by atoms with van der Waals surface area (Å²) in [7, 11) is 0. The molecular formula is C30H24N6O2. The number of para-hydroxylation sites is 2. The van der Waals surface area contributed by atoms with Crippen LogP contribution in [0.1, 0.15) is 0 Å². The van der Waals surface area contributed by atoms with Gasteiger partial charge in [0.15, 0.2) is 0 Å². The van der Waals surface area contributed by atoms with Gasteiger partial charge in [0, 0.05) is 34.9 Å². The molecule has 0 saturated carbocycles. The van der Waals surface area contributed by atoms with Crippen molar-refractivity contribution < 1.29 is 9.90 Å². The van der Waals surface area contributed by atoms with E-state index in [4.69, 9.17) is 0 Å². The number of aliphatic hydroxyl groups is 1. The van der Waals surface area contributed by atoms with E-state index in [-0.39, 0.29) is 17.2 Å². The molecule has 8 nitrogen and oxygen atoms in total. The minimum absolute atomic E-state index is 0.102. The topological polar surface area (TPSA) is 110 Å². The Morgan fingerprint density at radius 1 is 0.553 bits per heavy atom. The standard InChI is InChI=1S/C30H24N6O2/c37-29-20-30(38)28(36-34-26-17-13-24(14-18-26)32-22-9-5-2-6-10-22)19-27(29)35-33-25-15-11-23(12-16-25)31-21-7-3-1-4-8-21/h1-20,31-33,38H/b35-27+,36-34?. The zero-order valence-corrected chi connectivity index (χ0v) is 20.2. The van der Waals surface area contributed by atoms with Crippen molar-refractivity contribution >= 4 is 45.6 Å². The number of benzene rings is 4. The lowest BCUT2D eigenvalue weighted by Crippen LogP contribution is -2.16. The van der Waals surface area contributed by atoms with Crippen molar-refractivity contribution in [1.82, 2.24) is 0 Å². The van der Waals surface area contributed by atoms with Crippen LogP contribution >= 0.6 is 0 Å². The molecule has 0 unspecified atom stereocenters. The van der Waals surface area contributed by atoms with E-state index in [1.54, 1.807) is 12.1 Å². The van der Waals surface area contributed by atoms with Crippen molar-refractivity contribution in [3.63, 3.8) is 0 Å². The number of nitrogens with zero attached hydrogens (tertiary/aromatic N) is 3. The molecule has 0 amide bonds. The minimum atomic E-state index is -0.437. The molecule has 38 heavy (non-hydrogen) atoms. The number of ketones is 1. The minimum Gasteiger partial charge on any atom is -0.505 e. The molecule has 5 rings (SSSR count). The highest BCUT2D eigenvalue weighted by molar-refractivity contribution is 6.49. The van der Waals surface area contributed by atoms with Crippen molar-refractivity contribution in [3.05, 3.63) is 133 Å². The molecule has 1 aliphatic carbocycles. The van der Waals surface area contributed by atoms with Crippen LogP contribution in [-0.4, -0.2) is 16.6 Å². The fourth-order valence-corrected chi connectivity index (χ4v) is 3.57. The monoisotopic (exact) mass is 500 g/mol. The van der Waals surface area contributed by atoms with E-state index >= 15 is 0 Å². The van der Waals surface area contributed by atoms with E-state index in [0.29, 0.717) is 11.4 Å². The Morgan fingerprint density at radius 2 is 1.05 bits per heavy atom. The molecule has 186 valence electrons. The van der Waals surface area contributed by atoms with Gasteiger partial charge in [-0.15, -0.1) is 5.11 Å². The molecule has 0 radical (unpaired) electrons. The molecule has 8 heteroatoms. The number of anilines is 5. The summed E-state index contributed by atoms with van der Waals surface area (Å²) in [6, 6.07) is 34.5. The van der Waals surface area contributed by atoms with Gasteiger partial charge in [-0.25, -0.2) is 0 Å². The number of allylic oxidation sites excluding steroid dienone is 2. The first-order valence-electron chi connectivity index (χ1n) is 11.9. The van der Waals surface area contributed by atoms with Gasteiger partial charge in [0.1, 0.15) is 17.2 Å².